The third kappa shape index (κ3) is 4.69. The molecule has 0 aromatic carbocycles. The monoisotopic (exact) mass is 260 g/mol. The van der Waals surface area contributed by atoms with Gasteiger partial charge in [0.25, 0.3) is 0 Å². The van der Waals surface area contributed by atoms with Gasteiger partial charge in [-0.3, -0.25) is 0 Å². The first-order valence-corrected chi connectivity index (χ1v) is 6.38. The molecule has 0 amide bonds. The maximum Gasteiger partial charge on any atom is 0.129 e. The lowest BCUT2D eigenvalue weighted by atomic mass is 10.2. The van der Waals surface area contributed by atoms with Crippen LogP contribution in [0.2, 0.25) is 10.2 Å². The zero-order chi connectivity index (χ0) is 12.0. The summed E-state index contributed by atoms with van der Waals surface area (Å²) in [6.45, 7) is 4.02. The van der Waals surface area contributed by atoms with Crippen molar-refractivity contribution < 1.29 is 0 Å². The second kappa shape index (κ2) is 7.10. The molecule has 0 aliphatic rings. The van der Waals surface area contributed by atoms with E-state index >= 15 is 0 Å². The average molecular weight is 261 g/mol. The Kier molecular flexibility index (Phi) is 6.10. The third-order valence-electron chi connectivity index (χ3n) is 2.45. The van der Waals surface area contributed by atoms with Gasteiger partial charge in [-0.1, -0.05) is 43.0 Å². The van der Waals surface area contributed by atoms with Crippen molar-refractivity contribution >= 4 is 23.2 Å². The van der Waals surface area contributed by atoms with E-state index in [0.29, 0.717) is 10.2 Å². The van der Waals surface area contributed by atoms with Crippen LogP contribution in [0.25, 0.3) is 0 Å². The highest BCUT2D eigenvalue weighted by atomic mass is 35.5. The van der Waals surface area contributed by atoms with Crippen LogP contribution in [0.1, 0.15) is 31.9 Å². The summed E-state index contributed by atoms with van der Waals surface area (Å²) in [5.74, 6) is 0. The molecule has 2 nitrogen and oxygen atoms in total. The normalized spacial score (nSPS) is 11.1. The lowest BCUT2D eigenvalue weighted by Gasteiger charge is -2.16. The van der Waals surface area contributed by atoms with Crippen molar-refractivity contribution in [1.82, 2.24) is 9.88 Å². The molecule has 90 valence electrons. The molecule has 0 atom stereocenters. The topological polar surface area (TPSA) is 16.1 Å². The first-order chi connectivity index (χ1) is 7.63. The molecule has 0 unspecified atom stereocenters. The third-order valence-corrected chi connectivity index (χ3v) is 3.00. The number of hydrogen-bond acceptors (Lipinski definition) is 2. The number of nitrogens with zero attached hydrogens (tertiary/aromatic N) is 2. The van der Waals surface area contributed by atoms with E-state index in [2.05, 4.69) is 23.9 Å². The lowest BCUT2D eigenvalue weighted by Crippen LogP contribution is -2.20. The number of pyridine rings is 1. The highest BCUT2D eigenvalue weighted by molar-refractivity contribution is 6.32. The Labute approximate surface area is 108 Å². The van der Waals surface area contributed by atoms with Crippen LogP contribution in [0.5, 0.6) is 0 Å². The Morgan fingerprint density at radius 1 is 1.25 bits per heavy atom. The molecule has 1 aromatic heterocycles. The fourth-order valence-corrected chi connectivity index (χ4v) is 1.87. The quantitative estimate of drug-likeness (QED) is 0.568. The highest BCUT2D eigenvalue weighted by Gasteiger charge is 2.06. The molecule has 0 saturated carbocycles. The first kappa shape index (κ1) is 13.8. The summed E-state index contributed by atoms with van der Waals surface area (Å²) < 4.78 is 0. The maximum atomic E-state index is 6.05. The van der Waals surface area contributed by atoms with Crippen molar-refractivity contribution in [2.24, 2.45) is 0 Å². The van der Waals surface area contributed by atoms with Crippen molar-refractivity contribution in [1.29, 1.82) is 0 Å². The van der Waals surface area contributed by atoms with Crippen molar-refractivity contribution in [3.63, 3.8) is 0 Å². The van der Waals surface area contributed by atoms with Crippen LogP contribution in [0.4, 0.5) is 0 Å². The van der Waals surface area contributed by atoms with Crippen LogP contribution in [-0.4, -0.2) is 23.5 Å². The predicted molar refractivity (Wildman–Crippen MR) is 70.1 cm³/mol. The van der Waals surface area contributed by atoms with Gasteiger partial charge >= 0.3 is 0 Å². The average Bonchev–Trinajstić information content (AvgIpc) is 2.24. The van der Waals surface area contributed by atoms with E-state index in [4.69, 9.17) is 23.2 Å². The Hall–Kier alpha value is -0.310. The van der Waals surface area contributed by atoms with Gasteiger partial charge in [-0.15, -0.1) is 0 Å². The van der Waals surface area contributed by atoms with Crippen LogP contribution in [0, 0.1) is 0 Å². The second-order valence-corrected chi connectivity index (χ2v) is 4.80. The number of halogens is 2. The minimum atomic E-state index is 0.501. The van der Waals surface area contributed by atoms with Gasteiger partial charge in [0.05, 0.1) is 10.7 Å². The SMILES string of the molecule is CCCCCN(C)Cc1nc(Cl)ccc1Cl. The minimum absolute atomic E-state index is 0.501. The molecule has 0 saturated heterocycles. The molecule has 0 fully saturated rings. The molecule has 0 aliphatic carbocycles. The number of aromatic nitrogens is 1. The molecule has 1 rings (SSSR count). The van der Waals surface area contributed by atoms with Gasteiger partial charge in [0, 0.05) is 6.54 Å². The molecule has 1 heterocycles. The van der Waals surface area contributed by atoms with Gasteiger partial charge in [-0.05, 0) is 32.1 Å². The summed E-state index contributed by atoms with van der Waals surface area (Å²) in [6.07, 6.45) is 3.72. The predicted octanol–water partition coefficient (Wildman–Crippen LogP) is 4.01. The van der Waals surface area contributed by atoms with Crippen LogP contribution in [-0.2, 0) is 6.54 Å². The van der Waals surface area contributed by atoms with Gasteiger partial charge in [0.15, 0.2) is 0 Å². The molecule has 0 N–H and O–H groups in total. The standard InChI is InChI=1S/C12H18Cl2N2/c1-3-4-5-8-16(2)9-11-10(13)6-7-12(14)15-11/h6-7H,3-5,8-9H2,1-2H3. The summed E-state index contributed by atoms with van der Waals surface area (Å²) in [4.78, 5) is 6.46. The van der Waals surface area contributed by atoms with E-state index in [1.807, 2.05) is 0 Å². The zero-order valence-electron chi connectivity index (χ0n) is 9.84. The van der Waals surface area contributed by atoms with E-state index in [1.165, 1.54) is 19.3 Å². The van der Waals surface area contributed by atoms with Gasteiger partial charge in [-0.2, -0.15) is 0 Å². The minimum Gasteiger partial charge on any atom is -0.300 e. The number of unbranched alkanes of at least 4 members (excludes halogenated alkanes) is 2. The van der Waals surface area contributed by atoms with Crippen molar-refractivity contribution in [3.05, 3.63) is 28.0 Å². The first-order valence-electron chi connectivity index (χ1n) is 5.63. The Morgan fingerprint density at radius 2 is 2.00 bits per heavy atom. The largest absolute Gasteiger partial charge is 0.300 e. The molecule has 0 bridgehead atoms. The van der Waals surface area contributed by atoms with Crippen LogP contribution in [0.3, 0.4) is 0 Å². The molecule has 0 aliphatic heterocycles. The van der Waals surface area contributed by atoms with Gasteiger partial charge in [0.1, 0.15) is 5.15 Å². The van der Waals surface area contributed by atoms with Crippen molar-refractivity contribution in [2.75, 3.05) is 13.6 Å². The van der Waals surface area contributed by atoms with Crippen LogP contribution >= 0.6 is 23.2 Å². The molecule has 0 spiro atoms. The number of hydrogen-bond donors (Lipinski definition) is 0. The highest BCUT2D eigenvalue weighted by Crippen LogP contribution is 2.18. The smallest absolute Gasteiger partial charge is 0.129 e. The Balaban J connectivity index is 2.48. The van der Waals surface area contributed by atoms with E-state index in [-0.39, 0.29) is 0 Å². The van der Waals surface area contributed by atoms with Gasteiger partial charge in [0.2, 0.25) is 0 Å². The fraction of sp³-hybridized carbons (Fsp3) is 0.583. The van der Waals surface area contributed by atoms with Gasteiger partial charge in [-0.25, -0.2) is 4.98 Å². The summed E-state index contributed by atoms with van der Waals surface area (Å²) in [5.41, 5.74) is 0.855. The molecule has 4 heteroatoms. The van der Waals surface area contributed by atoms with Crippen LogP contribution in [0.15, 0.2) is 12.1 Å². The summed E-state index contributed by atoms with van der Waals surface area (Å²) in [5, 5.41) is 1.19. The fourth-order valence-electron chi connectivity index (χ4n) is 1.54. The molecular weight excluding hydrogens is 243 g/mol. The lowest BCUT2D eigenvalue weighted by molar-refractivity contribution is 0.314. The summed E-state index contributed by atoms with van der Waals surface area (Å²) in [7, 11) is 2.08. The summed E-state index contributed by atoms with van der Waals surface area (Å²) in [6, 6.07) is 3.51. The van der Waals surface area contributed by atoms with Gasteiger partial charge < -0.3 is 4.90 Å². The Bertz CT molecular complexity index is 329. The summed E-state index contributed by atoms with van der Waals surface area (Å²) >= 11 is 11.9. The van der Waals surface area contributed by atoms with Crippen molar-refractivity contribution in [2.45, 2.75) is 32.7 Å². The van der Waals surface area contributed by atoms with E-state index in [1.54, 1.807) is 12.1 Å². The Morgan fingerprint density at radius 3 is 2.69 bits per heavy atom. The maximum absolute atomic E-state index is 6.05. The molecule has 1 aromatic rings. The molecule has 0 radical (unpaired) electrons. The van der Waals surface area contributed by atoms with E-state index in [9.17, 15) is 0 Å². The van der Waals surface area contributed by atoms with Crippen molar-refractivity contribution in [3.8, 4) is 0 Å². The molecular formula is C12H18Cl2N2. The molecule has 16 heavy (non-hydrogen) atoms. The second-order valence-electron chi connectivity index (χ2n) is 4.01. The van der Waals surface area contributed by atoms with Crippen LogP contribution < -0.4 is 0 Å². The number of rotatable bonds is 6. The van der Waals surface area contributed by atoms with E-state index in [0.717, 1.165) is 18.8 Å². The van der Waals surface area contributed by atoms with E-state index < -0.39 is 0 Å². The zero-order valence-corrected chi connectivity index (χ0v) is 11.4.